The maximum Gasteiger partial charge on any atom is 0.240 e. The first kappa shape index (κ1) is 20.8. The fourth-order valence-electron chi connectivity index (χ4n) is 2.67. The summed E-state index contributed by atoms with van der Waals surface area (Å²) in [4.78, 5) is 42.4. The number of carbonyl (C=O) groups is 3. The second-order valence-corrected chi connectivity index (χ2v) is 6.45. The van der Waals surface area contributed by atoms with Crippen LogP contribution in [0.15, 0.2) is 70.0 Å². The fraction of sp³-hybridized carbons (Fsp3) is 0.238. The molecule has 3 rings (SSSR count). The molecule has 0 aromatic carbocycles. The quantitative estimate of drug-likeness (QED) is 0.530. The molecule has 3 aromatic heterocycles. The summed E-state index contributed by atoms with van der Waals surface area (Å²) in [6, 6.07) is 12.0. The Labute approximate surface area is 173 Å². The highest BCUT2D eigenvalue weighted by molar-refractivity contribution is 5.93. The molecule has 0 spiro atoms. The molecule has 3 amide bonds. The van der Waals surface area contributed by atoms with E-state index in [9.17, 15) is 14.4 Å². The Kier molecular flexibility index (Phi) is 7.37. The van der Waals surface area contributed by atoms with Crippen LogP contribution in [0.25, 0.3) is 0 Å². The van der Waals surface area contributed by atoms with Crippen molar-refractivity contribution in [3.8, 4) is 0 Å². The summed E-state index contributed by atoms with van der Waals surface area (Å²) in [6.07, 6.45) is 4.50. The molecule has 0 bridgehead atoms. The van der Waals surface area contributed by atoms with Crippen LogP contribution in [0, 0.1) is 0 Å². The van der Waals surface area contributed by atoms with Gasteiger partial charge in [0.05, 0.1) is 32.2 Å². The highest BCUT2D eigenvalue weighted by atomic mass is 16.3. The van der Waals surface area contributed by atoms with Gasteiger partial charge in [-0.3, -0.25) is 14.4 Å². The Morgan fingerprint density at radius 2 is 1.67 bits per heavy atom. The number of pyridine rings is 1. The summed E-state index contributed by atoms with van der Waals surface area (Å²) < 4.78 is 10.5. The first-order valence-electron chi connectivity index (χ1n) is 9.40. The van der Waals surface area contributed by atoms with Gasteiger partial charge in [0.25, 0.3) is 0 Å². The van der Waals surface area contributed by atoms with Crippen molar-refractivity contribution in [3.63, 3.8) is 0 Å². The number of hydrogen-bond acceptors (Lipinski definition) is 6. The average molecular weight is 410 g/mol. The SMILES string of the molecule is O=C(CN(Cc1ccco1)C(=O)CCC(=O)Nc1ccccn1)NCc1ccco1. The van der Waals surface area contributed by atoms with E-state index in [0.29, 0.717) is 17.3 Å². The zero-order chi connectivity index (χ0) is 21.2. The third kappa shape index (κ3) is 6.62. The summed E-state index contributed by atoms with van der Waals surface area (Å²) in [5.74, 6) is 0.556. The van der Waals surface area contributed by atoms with Gasteiger partial charge in [0.15, 0.2) is 0 Å². The standard InChI is InChI=1S/C21H22N4O5/c26-19(24-18-7-1-2-10-22-18)8-9-21(28)25(14-17-6-4-12-30-17)15-20(27)23-13-16-5-3-11-29-16/h1-7,10-12H,8-9,13-15H2,(H,23,27)(H,22,24,26). The number of nitrogens with one attached hydrogen (secondary N) is 2. The first-order chi connectivity index (χ1) is 14.6. The minimum absolute atomic E-state index is 0.0297. The van der Waals surface area contributed by atoms with E-state index in [1.165, 1.54) is 17.4 Å². The third-order valence-electron chi connectivity index (χ3n) is 4.15. The van der Waals surface area contributed by atoms with Gasteiger partial charge in [-0.15, -0.1) is 0 Å². The topological polar surface area (TPSA) is 118 Å². The molecule has 0 aliphatic heterocycles. The van der Waals surface area contributed by atoms with E-state index in [1.807, 2.05) is 0 Å². The summed E-state index contributed by atoms with van der Waals surface area (Å²) in [6.45, 7) is 0.186. The van der Waals surface area contributed by atoms with Crippen molar-refractivity contribution in [1.29, 1.82) is 0 Å². The van der Waals surface area contributed by atoms with E-state index in [1.54, 1.807) is 48.7 Å². The van der Waals surface area contributed by atoms with E-state index in [2.05, 4.69) is 15.6 Å². The number of anilines is 1. The van der Waals surface area contributed by atoms with Crippen LogP contribution >= 0.6 is 0 Å². The molecule has 0 radical (unpaired) electrons. The van der Waals surface area contributed by atoms with Crippen LogP contribution in [0.4, 0.5) is 5.82 Å². The van der Waals surface area contributed by atoms with Gasteiger partial charge in [-0.1, -0.05) is 6.07 Å². The van der Waals surface area contributed by atoms with Crippen LogP contribution in [0.1, 0.15) is 24.4 Å². The predicted molar refractivity (Wildman–Crippen MR) is 107 cm³/mol. The van der Waals surface area contributed by atoms with Crippen LogP contribution in [0.5, 0.6) is 0 Å². The Hall–Kier alpha value is -3.88. The molecule has 3 aromatic rings. The summed E-state index contributed by atoms with van der Waals surface area (Å²) in [7, 11) is 0. The van der Waals surface area contributed by atoms with Gasteiger partial charge in [-0.05, 0) is 36.4 Å². The van der Waals surface area contributed by atoms with Gasteiger partial charge in [-0.25, -0.2) is 4.98 Å². The lowest BCUT2D eigenvalue weighted by molar-refractivity contribution is -0.137. The van der Waals surface area contributed by atoms with Crippen LogP contribution in [0.2, 0.25) is 0 Å². The van der Waals surface area contributed by atoms with E-state index in [4.69, 9.17) is 8.83 Å². The zero-order valence-corrected chi connectivity index (χ0v) is 16.2. The maximum absolute atomic E-state index is 12.7. The second kappa shape index (κ2) is 10.6. The Morgan fingerprint density at radius 3 is 2.33 bits per heavy atom. The van der Waals surface area contributed by atoms with Crippen LogP contribution in [0.3, 0.4) is 0 Å². The summed E-state index contributed by atoms with van der Waals surface area (Å²) in [5, 5.41) is 5.33. The lowest BCUT2D eigenvalue weighted by atomic mass is 10.2. The van der Waals surface area contributed by atoms with Gasteiger partial charge in [-0.2, -0.15) is 0 Å². The van der Waals surface area contributed by atoms with Crippen LogP contribution in [-0.4, -0.2) is 34.2 Å². The molecular weight excluding hydrogens is 388 g/mol. The van der Waals surface area contributed by atoms with Gasteiger partial charge in [0, 0.05) is 19.0 Å². The van der Waals surface area contributed by atoms with Gasteiger partial charge in [0.2, 0.25) is 17.7 Å². The molecule has 0 aliphatic carbocycles. The Balaban J connectivity index is 1.53. The van der Waals surface area contributed by atoms with E-state index in [0.717, 1.165) is 0 Å². The highest BCUT2D eigenvalue weighted by Gasteiger charge is 2.20. The van der Waals surface area contributed by atoms with Crippen LogP contribution < -0.4 is 10.6 Å². The Morgan fingerprint density at radius 1 is 0.900 bits per heavy atom. The van der Waals surface area contributed by atoms with Gasteiger partial charge >= 0.3 is 0 Å². The summed E-state index contributed by atoms with van der Waals surface area (Å²) >= 11 is 0. The molecule has 0 saturated carbocycles. The zero-order valence-electron chi connectivity index (χ0n) is 16.2. The molecule has 9 heteroatoms. The molecule has 2 N–H and O–H groups in total. The maximum atomic E-state index is 12.7. The molecule has 30 heavy (non-hydrogen) atoms. The van der Waals surface area contributed by atoms with Gasteiger partial charge < -0.3 is 24.4 Å². The average Bonchev–Trinajstić information content (AvgIpc) is 3.45. The molecule has 0 unspecified atom stereocenters. The molecule has 9 nitrogen and oxygen atoms in total. The van der Waals surface area contributed by atoms with Crippen molar-refractivity contribution in [1.82, 2.24) is 15.2 Å². The Bertz CT molecular complexity index is 939. The number of furan rings is 2. The number of carbonyl (C=O) groups excluding carboxylic acids is 3. The summed E-state index contributed by atoms with van der Waals surface area (Å²) in [5.41, 5.74) is 0. The number of amides is 3. The lowest BCUT2D eigenvalue weighted by Crippen LogP contribution is -2.40. The molecule has 0 atom stereocenters. The molecule has 0 saturated heterocycles. The second-order valence-electron chi connectivity index (χ2n) is 6.45. The van der Waals surface area contributed by atoms with Crippen molar-refractivity contribution in [2.24, 2.45) is 0 Å². The molecule has 156 valence electrons. The smallest absolute Gasteiger partial charge is 0.240 e. The molecule has 0 fully saturated rings. The minimum Gasteiger partial charge on any atom is -0.467 e. The monoisotopic (exact) mass is 410 g/mol. The van der Waals surface area contributed by atoms with E-state index >= 15 is 0 Å². The third-order valence-corrected chi connectivity index (χ3v) is 4.15. The first-order valence-corrected chi connectivity index (χ1v) is 9.40. The van der Waals surface area contributed by atoms with E-state index in [-0.39, 0.29) is 50.2 Å². The van der Waals surface area contributed by atoms with Crippen molar-refractivity contribution >= 4 is 23.5 Å². The van der Waals surface area contributed by atoms with Crippen molar-refractivity contribution in [3.05, 3.63) is 72.7 Å². The lowest BCUT2D eigenvalue weighted by Gasteiger charge is -2.21. The number of hydrogen-bond donors (Lipinski definition) is 2. The largest absolute Gasteiger partial charge is 0.467 e. The normalized spacial score (nSPS) is 10.4. The van der Waals surface area contributed by atoms with Crippen molar-refractivity contribution < 1.29 is 23.2 Å². The number of rotatable bonds is 10. The van der Waals surface area contributed by atoms with Gasteiger partial charge in [0.1, 0.15) is 17.3 Å². The fourth-order valence-corrected chi connectivity index (χ4v) is 2.67. The van der Waals surface area contributed by atoms with Crippen molar-refractivity contribution in [2.45, 2.75) is 25.9 Å². The minimum atomic E-state index is -0.343. The van der Waals surface area contributed by atoms with E-state index < -0.39 is 0 Å². The van der Waals surface area contributed by atoms with Crippen LogP contribution in [-0.2, 0) is 27.5 Å². The number of aromatic nitrogens is 1. The highest BCUT2D eigenvalue weighted by Crippen LogP contribution is 2.09. The van der Waals surface area contributed by atoms with Crippen molar-refractivity contribution in [2.75, 3.05) is 11.9 Å². The molecular formula is C21H22N4O5. The predicted octanol–water partition coefficient (Wildman–Crippen LogP) is 2.33. The molecule has 3 heterocycles. The molecule has 0 aliphatic rings. The number of nitrogens with zero attached hydrogens (tertiary/aromatic N) is 2.